The van der Waals surface area contributed by atoms with Gasteiger partial charge >= 0.3 is 0 Å². The molecule has 0 bridgehead atoms. The van der Waals surface area contributed by atoms with Crippen LogP contribution in [0.15, 0.2) is 77.7 Å². The molecule has 1 N–H and O–H groups in total. The number of hydrogen-bond acceptors (Lipinski definition) is 5. The number of methoxy groups -OCH3 is 1. The Kier molecular flexibility index (Phi) is 10.9. The second-order valence-corrected chi connectivity index (χ2v) is 12.1. The lowest BCUT2D eigenvalue weighted by molar-refractivity contribution is -0.140. The minimum atomic E-state index is -4.12. The van der Waals surface area contributed by atoms with Crippen LogP contribution in [-0.2, 0) is 26.2 Å². The molecule has 0 saturated heterocycles. The molecule has 8 nitrogen and oxygen atoms in total. The van der Waals surface area contributed by atoms with Crippen LogP contribution in [0.4, 0.5) is 5.69 Å². The Bertz CT molecular complexity index is 1440. The van der Waals surface area contributed by atoms with Crippen LogP contribution < -0.4 is 14.4 Å². The standard InChI is InChI=1S/C32H41N3O5S/c1-7-25(5)33-32(37)29(8-2)34(21-26-13-12-14-27(20-26)40-6)31(36)22-35(30-19-23(3)17-18-24(30)4)41(38,39)28-15-10-9-11-16-28/h9-20,25,29H,7-8,21-22H2,1-6H3,(H,33,37)/t25-,29-/m1/s1. The molecule has 220 valence electrons. The second-order valence-electron chi connectivity index (χ2n) is 10.2. The van der Waals surface area contributed by atoms with Crippen LogP contribution in [0.25, 0.3) is 0 Å². The zero-order valence-corrected chi connectivity index (χ0v) is 25.6. The average Bonchev–Trinajstić information content (AvgIpc) is 2.97. The van der Waals surface area contributed by atoms with Gasteiger partial charge in [-0.1, -0.05) is 56.3 Å². The van der Waals surface area contributed by atoms with E-state index in [1.165, 1.54) is 17.0 Å². The molecule has 0 aromatic heterocycles. The third-order valence-corrected chi connectivity index (χ3v) is 8.89. The molecule has 3 aromatic carbocycles. The Balaban J connectivity index is 2.10. The summed E-state index contributed by atoms with van der Waals surface area (Å²) < 4.78 is 34.6. The SMILES string of the molecule is CC[C@@H](C)NC(=O)[C@@H](CC)N(Cc1cccc(OC)c1)C(=O)CN(c1cc(C)ccc1C)S(=O)(=O)c1ccccc1. The maximum Gasteiger partial charge on any atom is 0.264 e. The molecule has 0 heterocycles. The summed E-state index contributed by atoms with van der Waals surface area (Å²) in [4.78, 5) is 29.2. The molecular weight excluding hydrogens is 538 g/mol. The van der Waals surface area contributed by atoms with E-state index in [0.29, 0.717) is 23.4 Å². The third kappa shape index (κ3) is 7.88. The lowest BCUT2D eigenvalue weighted by Gasteiger charge is -2.34. The zero-order chi connectivity index (χ0) is 30.2. The predicted molar refractivity (Wildman–Crippen MR) is 162 cm³/mol. The van der Waals surface area contributed by atoms with Gasteiger partial charge in [-0.3, -0.25) is 13.9 Å². The Morgan fingerprint density at radius 1 is 0.927 bits per heavy atom. The summed E-state index contributed by atoms with van der Waals surface area (Å²) in [6.45, 7) is 9.05. The summed E-state index contributed by atoms with van der Waals surface area (Å²) in [6.07, 6.45) is 1.09. The van der Waals surface area contributed by atoms with Crippen molar-refractivity contribution in [2.24, 2.45) is 0 Å². The van der Waals surface area contributed by atoms with Gasteiger partial charge in [-0.25, -0.2) is 8.42 Å². The summed E-state index contributed by atoms with van der Waals surface area (Å²) in [7, 11) is -2.55. The molecule has 0 aliphatic heterocycles. The molecule has 0 spiro atoms. The number of amides is 2. The van der Waals surface area contributed by atoms with Crippen molar-refractivity contribution in [2.45, 2.75) is 71.0 Å². The molecule has 0 aliphatic rings. The Morgan fingerprint density at radius 2 is 1.63 bits per heavy atom. The molecule has 2 amide bonds. The van der Waals surface area contributed by atoms with Gasteiger partial charge in [-0.05, 0) is 80.6 Å². The van der Waals surface area contributed by atoms with Gasteiger partial charge in [0.15, 0.2) is 0 Å². The van der Waals surface area contributed by atoms with Gasteiger partial charge in [-0.2, -0.15) is 0 Å². The summed E-state index contributed by atoms with van der Waals surface area (Å²) in [5.41, 5.74) is 2.75. The number of carbonyl (C=O) groups excluding carboxylic acids is 2. The van der Waals surface area contributed by atoms with E-state index in [-0.39, 0.29) is 23.4 Å². The molecule has 0 saturated carbocycles. The molecule has 3 aromatic rings. The predicted octanol–water partition coefficient (Wildman–Crippen LogP) is 5.23. The minimum absolute atomic E-state index is 0.0739. The van der Waals surface area contributed by atoms with Crippen LogP contribution in [0.1, 0.15) is 50.3 Å². The van der Waals surface area contributed by atoms with Gasteiger partial charge in [-0.15, -0.1) is 0 Å². The Morgan fingerprint density at radius 3 is 2.27 bits per heavy atom. The van der Waals surface area contributed by atoms with Crippen LogP contribution in [0.5, 0.6) is 5.75 Å². The molecule has 9 heteroatoms. The number of rotatable bonds is 13. The third-order valence-electron chi connectivity index (χ3n) is 7.12. The van der Waals surface area contributed by atoms with Crippen molar-refractivity contribution >= 4 is 27.5 Å². The monoisotopic (exact) mass is 579 g/mol. The summed E-state index contributed by atoms with van der Waals surface area (Å²) in [5.74, 6) is -0.141. The molecule has 0 unspecified atom stereocenters. The van der Waals surface area contributed by atoms with Gasteiger partial charge < -0.3 is 15.0 Å². The fourth-order valence-electron chi connectivity index (χ4n) is 4.55. The van der Waals surface area contributed by atoms with Gasteiger partial charge in [0, 0.05) is 12.6 Å². The highest BCUT2D eigenvalue weighted by atomic mass is 32.2. The second kappa shape index (κ2) is 14.2. The summed E-state index contributed by atoms with van der Waals surface area (Å²) >= 11 is 0. The highest BCUT2D eigenvalue weighted by Crippen LogP contribution is 2.29. The fourth-order valence-corrected chi connectivity index (χ4v) is 6.04. The van der Waals surface area contributed by atoms with Crippen molar-refractivity contribution < 1.29 is 22.7 Å². The number of nitrogens with zero attached hydrogens (tertiary/aromatic N) is 2. The number of carbonyl (C=O) groups is 2. The number of benzene rings is 3. The lowest BCUT2D eigenvalue weighted by atomic mass is 10.1. The van der Waals surface area contributed by atoms with Crippen molar-refractivity contribution in [2.75, 3.05) is 18.0 Å². The van der Waals surface area contributed by atoms with Crippen LogP contribution in [0.2, 0.25) is 0 Å². The van der Waals surface area contributed by atoms with E-state index in [0.717, 1.165) is 21.9 Å². The van der Waals surface area contributed by atoms with Crippen LogP contribution in [-0.4, -0.2) is 50.9 Å². The van der Waals surface area contributed by atoms with Crippen LogP contribution in [0.3, 0.4) is 0 Å². The van der Waals surface area contributed by atoms with Crippen LogP contribution >= 0.6 is 0 Å². The van der Waals surface area contributed by atoms with Gasteiger partial charge in [0.25, 0.3) is 10.0 Å². The largest absolute Gasteiger partial charge is 0.497 e. The topological polar surface area (TPSA) is 96.0 Å². The zero-order valence-electron chi connectivity index (χ0n) is 24.8. The van der Waals surface area contributed by atoms with E-state index in [1.54, 1.807) is 37.4 Å². The first kappa shape index (κ1) is 31.7. The van der Waals surface area contributed by atoms with Crippen molar-refractivity contribution in [3.63, 3.8) is 0 Å². The molecule has 0 fully saturated rings. The van der Waals surface area contributed by atoms with E-state index in [1.807, 2.05) is 65.0 Å². The first-order valence-electron chi connectivity index (χ1n) is 13.9. The maximum absolute atomic E-state index is 14.2. The summed E-state index contributed by atoms with van der Waals surface area (Å²) in [6, 6.07) is 20.0. The fraction of sp³-hybridized carbons (Fsp3) is 0.375. The maximum atomic E-state index is 14.2. The number of sulfonamides is 1. The first-order valence-corrected chi connectivity index (χ1v) is 15.3. The van der Waals surface area contributed by atoms with E-state index < -0.39 is 28.5 Å². The number of aryl methyl sites for hydroxylation is 2. The molecule has 2 atom stereocenters. The smallest absolute Gasteiger partial charge is 0.264 e. The van der Waals surface area contributed by atoms with E-state index >= 15 is 0 Å². The molecule has 0 radical (unpaired) electrons. The Hall–Kier alpha value is -3.85. The van der Waals surface area contributed by atoms with E-state index in [4.69, 9.17) is 4.74 Å². The number of anilines is 1. The van der Waals surface area contributed by atoms with Crippen molar-refractivity contribution in [1.82, 2.24) is 10.2 Å². The normalized spacial score (nSPS) is 12.7. The minimum Gasteiger partial charge on any atom is -0.497 e. The molecule has 0 aliphatic carbocycles. The van der Waals surface area contributed by atoms with Crippen molar-refractivity contribution in [3.8, 4) is 5.75 Å². The number of ether oxygens (including phenoxy) is 1. The quantitative estimate of drug-likeness (QED) is 0.299. The highest BCUT2D eigenvalue weighted by molar-refractivity contribution is 7.92. The number of hydrogen-bond donors (Lipinski definition) is 1. The number of nitrogens with one attached hydrogen (secondary N) is 1. The van der Waals surface area contributed by atoms with E-state index in [9.17, 15) is 18.0 Å². The average molecular weight is 580 g/mol. The molecule has 41 heavy (non-hydrogen) atoms. The summed E-state index contributed by atoms with van der Waals surface area (Å²) in [5, 5.41) is 2.99. The van der Waals surface area contributed by atoms with Crippen molar-refractivity contribution in [3.05, 3.63) is 89.5 Å². The molecular formula is C32H41N3O5S. The van der Waals surface area contributed by atoms with Crippen molar-refractivity contribution in [1.29, 1.82) is 0 Å². The van der Waals surface area contributed by atoms with Gasteiger partial charge in [0.2, 0.25) is 11.8 Å². The van der Waals surface area contributed by atoms with Gasteiger partial charge in [0.05, 0.1) is 17.7 Å². The lowest BCUT2D eigenvalue weighted by Crippen LogP contribution is -2.53. The highest BCUT2D eigenvalue weighted by Gasteiger charge is 2.34. The Labute approximate surface area is 244 Å². The molecule has 3 rings (SSSR count). The van der Waals surface area contributed by atoms with Gasteiger partial charge in [0.1, 0.15) is 18.3 Å². The van der Waals surface area contributed by atoms with E-state index in [2.05, 4.69) is 5.32 Å². The van der Waals surface area contributed by atoms with Crippen LogP contribution in [0, 0.1) is 13.8 Å². The first-order chi connectivity index (χ1) is 19.5.